The maximum absolute atomic E-state index is 2.41. The number of quaternary nitrogens is 3. The lowest BCUT2D eigenvalue weighted by Gasteiger charge is -2.52. The van der Waals surface area contributed by atoms with Crippen LogP contribution in [-0.2, 0) is 0 Å². The van der Waals surface area contributed by atoms with E-state index in [1.54, 1.807) is 0 Å². The summed E-state index contributed by atoms with van der Waals surface area (Å²) in [6.07, 6.45) is 4.53. The number of fused-ring (bicyclic) bond motifs is 6. The van der Waals surface area contributed by atoms with Gasteiger partial charge < -0.3 is 13.4 Å². The number of hydrogen-bond donors (Lipinski definition) is 0. The van der Waals surface area contributed by atoms with Crippen molar-refractivity contribution in [3.63, 3.8) is 0 Å². The Kier molecular flexibility index (Phi) is 3.43. The molecule has 110 valence electrons. The summed E-state index contributed by atoms with van der Waals surface area (Å²) in [4.78, 5) is 0. The Labute approximate surface area is 119 Å². The molecule has 6 heterocycles. The molecule has 0 aromatic carbocycles. The average molecular weight is 268 g/mol. The highest BCUT2D eigenvalue weighted by molar-refractivity contribution is 4.69. The van der Waals surface area contributed by atoms with E-state index >= 15 is 0 Å². The van der Waals surface area contributed by atoms with E-state index in [0.29, 0.717) is 0 Å². The van der Waals surface area contributed by atoms with Crippen LogP contribution in [0.25, 0.3) is 0 Å². The Morgan fingerprint density at radius 2 is 0.737 bits per heavy atom. The minimum atomic E-state index is 1.12. The molecule has 3 heteroatoms. The first-order valence-electron chi connectivity index (χ1n) is 8.41. The van der Waals surface area contributed by atoms with Crippen molar-refractivity contribution in [1.82, 2.24) is 0 Å². The fourth-order valence-electron chi connectivity index (χ4n) is 4.37. The molecule has 0 radical (unpaired) electrons. The van der Waals surface area contributed by atoms with Crippen molar-refractivity contribution >= 4 is 0 Å². The summed E-state index contributed by atoms with van der Waals surface area (Å²) in [5.74, 6) is 1.12. The second-order valence-electron chi connectivity index (χ2n) is 8.60. The summed E-state index contributed by atoms with van der Waals surface area (Å²) in [7, 11) is 7.22. The molecule has 0 unspecified atom stereocenters. The summed E-state index contributed by atoms with van der Waals surface area (Å²) < 4.78 is 4.10. The van der Waals surface area contributed by atoms with Crippen LogP contribution < -0.4 is 0 Å². The summed E-state index contributed by atoms with van der Waals surface area (Å²) in [6, 6.07) is 0. The lowest BCUT2D eigenvalue weighted by molar-refractivity contribution is -1.06. The van der Waals surface area contributed by atoms with Gasteiger partial charge in [-0.25, -0.2) is 0 Å². The Morgan fingerprint density at radius 3 is 0.947 bits per heavy atom. The minimum absolute atomic E-state index is 1.12. The van der Waals surface area contributed by atoms with Crippen LogP contribution in [0.3, 0.4) is 0 Å². The van der Waals surface area contributed by atoms with Gasteiger partial charge in [-0.05, 0) is 25.2 Å². The van der Waals surface area contributed by atoms with Crippen LogP contribution in [0.5, 0.6) is 0 Å². The highest BCUT2D eigenvalue weighted by Crippen LogP contribution is 2.31. The maximum Gasteiger partial charge on any atom is 0.129 e. The van der Waals surface area contributed by atoms with Gasteiger partial charge in [0.1, 0.15) is 39.3 Å². The molecular weight excluding hydrogens is 234 g/mol. The third-order valence-electron chi connectivity index (χ3n) is 6.77. The van der Waals surface area contributed by atoms with Gasteiger partial charge in [0.25, 0.3) is 0 Å². The van der Waals surface area contributed by atoms with Crippen LogP contribution >= 0.6 is 0 Å². The van der Waals surface area contributed by atoms with E-state index < -0.39 is 0 Å². The Bertz CT molecular complexity index is 275. The minimum Gasteiger partial charge on any atom is -0.326 e. The third-order valence-corrected chi connectivity index (χ3v) is 6.77. The number of piperidine rings is 3. The Morgan fingerprint density at radius 1 is 0.474 bits per heavy atom. The molecule has 3 nitrogen and oxygen atoms in total. The monoisotopic (exact) mass is 268 g/mol. The van der Waals surface area contributed by atoms with Crippen LogP contribution in [0, 0.1) is 5.92 Å². The topological polar surface area (TPSA) is 0 Å². The fourth-order valence-corrected chi connectivity index (χ4v) is 4.37. The SMILES string of the molecule is C[N+]12CCC(CC1)CC2.C[N+]12CC[N+](C)(CC1)CC2. The third kappa shape index (κ3) is 2.98. The van der Waals surface area contributed by atoms with E-state index in [1.807, 2.05) is 0 Å². The number of rotatable bonds is 0. The lowest BCUT2D eigenvalue weighted by Crippen LogP contribution is -2.72. The second kappa shape index (κ2) is 4.71. The van der Waals surface area contributed by atoms with Crippen molar-refractivity contribution in [3.05, 3.63) is 0 Å². The van der Waals surface area contributed by atoms with Crippen molar-refractivity contribution in [2.75, 3.05) is 80.0 Å². The summed E-state index contributed by atoms with van der Waals surface area (Å²) in [5, 5.41) is 0. The molecule has 0 spiro atoms. The molecule has 4 bridgehead atoms. The maximum atomic E-state index is 2.41. The Hall–Kier alpha value is -0.120. The van der Waals surface area contributed by atoms with Crippen molar-refractivity contribution in [1.29, 1.82) is 0 Å². The van der Waals surface area contributed by atoms with Gasteiger partial charge in [0, 0.05) is 0 Å². The second-order valence-corrected chi connectivity index (χ2v) is 8.60. The highest BCUT2D eigenvalue weighted by Gasteiger charge is 2.43. The van der Waals surface area contributed by atoms with Gasteiger partial charge in [-0.3, -0.25) is 0 Å². The van der Waals surface area contributed by atoms with Gasteiger partial charge in [-0.2, -0.15) is 0 Å². The zero-order valence-corrected chi connectivity index (χ0v) is 13.4. The first-order valence-corrected chi connectivity index (χ1v) is 8.41. The molecule has 19 heavy (non-hydrogen) atoms. The predicted molar refractivity (Wildman–Crippen MR) is 79.7 cm³/mol. The largest absolute Gasteiger partial charge is 0.326 e. The molecule has 0 saturated carbocycles. The standard InChI is InChI=1S/C8H18N2.C8H16N/c1-9-3-6-10(2,7-4-9)8-5-9;1-9-5-2-8(3-6-9)4-7-9/h3-8H2,1-2H3;8H,2-7H2,1H3/q+2;+1. The molecule has 6 fully saturated rings. The molecular formula is C16H34N3+3. The van der Waals surface area contributed by atoms with Crippen LogP contribution in [-0.4, -0.2) is 93.5 Å². The highest BCUT2D eigenvalue weighted by atomic mass is 15.5. The van der Waals surface area contributed by atoms with Gasteiger partial charge in [0.2, 0.25) is 0 Å². The molecule has 0 aliphatic carbocycles. The first kappa shape index (κ1) is 13.8. The molecule has 6 aliphatic rings. The molecule has 6 saturated heterocycles. The molecule has 0 aromatic rings. The fraction of sp³-hybridized carbons (Fsp3) is 1.00. The summed E-state index contributed by atoms with van der Waals surface area (Å²) >= 11 is 0. The Balaban J connectivity index is 0.000000117. The molecule has 6 aliphatic heterocycles. The van der Waals surface area contributed by atoms with E-state index in [-0.39, 0.29) is 0 Å². The lowest BCUT2D eigenvalue weighted by atomic mass is 9.86. The molecule has 0 atom stereocenters. The predicted octanol–water partition coefficient (Wildman–Crippen LogP) is 1.15. The zero-order chi connectivity index (χ0) is 13.6. The average Bonchev–Trinajstić information content (AvgIpc) is 2.43. The number of nitrogens with zero attached hydrogens (tertiary/aromatic N) is 3. The van der Waals surface area contributed by atoms with Crippen molar-refractivity contribution in [2.24, 2.45) is 5.92 Å². The summed E-state index contributed by atoms with van der Waals surface area (Å²) in [6.45, 7) is 12.9. The van der Waals surface area contributed by atoms with Gasteiger partial charge >= 0.3 is 0 Å². The van der Waals surface area contributed by atoms with Crippen LogP contribution in [0.1, 0.15) is 19.3 Å². The zero-order valence-electron chi connectivity index (χ0n) is 13.4. The van der Waals surface area contributed by atoms with E-state index in [0.717, 1.165) is 5.92 Å². The van der Waals surface area contributed by atoms with Gasteiger partial charge in [-0.1, -0.05) is 0 Å². The normalized spacial score (nSPS) is 51.6. The van der Waals surface area contributed by atoms with E-state index in [9.17, 15) is 0 Å². The first-order chi connectivity index (χ1) is 8.91. The van der Waals surface area contributed by atoms with E-state index in [2.05, 4.69) is 21.1 Å². The van der Waals surface area contributed by atoms with Gasteiger partial charge in [-0.15, -0.1) is 0 Å². The molecule has 0 aromatic heterocycles. The van der Waals surface area contributed by atoms with Crippen molar-refractivity contribution in [2.45, 2.75) is 19.3 Å². The quantitative estimate of drug-likeness (QED) is 0.578. The summed E-state index contributed by atoms with van der Waals surface area (Å²) in [5.41, 5.74) is 0. The van der Waals surface area contributed by atoms with Gasteiger partial charge in [0.15, 0.2) is 0 Å². The number of piperazine rings is 3. The van der Waals surface area contributed by atoms with Crippen molar-refractivity contribution < 1.29 is 13.4 Å². The van der Waals surface area contributed by atoms with Crippen molar-refractivity contribution in [3.8, 4) is 0 Å². The van der Waals surface area contributed by atoms with Gasteiger partial charge in [0.05, 0.1) is 40.8 Å². The number of hydrogen-bond acceptors (Lipinski definition) is 0. The van der Waals surface area contributed by atoms with Crippen LogP contribution in [0.2, 0.25) is 0 Å². The molecule has 0 N–H and O–H groups in total. The molecule has 0 amide bonds. The number of likely N-dealkylation sites (N-methyl/N-ethyl adjacent to an activating group) is 2. The van der Waals surface area contributed by atoms with Crippen LogP contribution in [0.4, 0.5) is 0 Å². The van der Waals surface area contributed by atoms with E-state index in [4.69, 9.17) is 0 Å². The molecule has 6 rings (SSSR count). The smallest absolute Gasteiger partial charge is 0.129 e. The van der Waals surface area contributed by atoms with E-state index in [1.165, 1.54) is 91.6 Å². The van der Waals surface area contributed by atoms with Crippen LogP contribution in [0.15, 0.2) is 0 Å².